The minimum atomic E-state index is -0.379. The Labute approximate surface area is 98.5 Å². The molecule has 5 heteroatoms. The van der Waals surface area contributed by atoms with Gasteiger partial charge in [-0.1, -0.05) is 0 Å². The third-order valence-electron chi connectivity index (χ3n) is 2.65. The Balaban J connectivity index is 2.66. The fraction of sp³-hybridized carbons (Fsp3) is 0.250. The number of nitrogens with one attached hydrogen (secondary N) is 1. The van der Waals surface area contributed by atoms with Crippen LogP contribution in [-0.2, 0) is 11.2 Å². The predicted octanol–water partition coefficient (Wildman–Crippen LogP) is 1.21. The Bertz CT molecular complexity index is 560. The molecular weight excluding hydrogens is 220 g/mol. The maximum atomic E-state index is 11.0. The van der Waals surface area contributed by atoms with Crippen LogP contribution < -0.4 is 15.2 Å². The van der Waals surface area contributed by atoms with E-state index < -0.39 is 0 Å². The summed E-state index contributed by atoms with van der Waals surface area (Å²) in [4.78, 5) is 14.1. The van der Waals surface area contributed by atoms with Crippen LogP contribution in [0.25, 0.3) is 10.9 Å². The lowest BCUT2D eigenvalue weighted by molar-refractivity contribution is -0.117. The van der Waals surface area contributed by atoms with Gasteiger partial charge < -0.3 is 20.2 Å². The molecule has 0 radical (unpaired) electrons. The summed E-state index contributed by atoms with van der Waals surface area (Å²) in [5.41, 5.74) is 6.83. The first-order valence-electron chi connectivity index (χ1n) is 5.16. The van der Waals surface area contributed by atoms with Gasteiger partial charge in [0.2, 0.25) is 5.91 Å². The second kappa shape index (κ2) is 4.37. The lowest BCUT2D eigenvalue weighted by Crippen LogP contribution is -2.13. The Kier molecular flexibility index (Phi) is 2.91. The molecule has 1 aromatic carbocycles. The van der Waals surface area contributed by atoms with Crippen molar-refractivity contribution in [3.63, 3.8) is 0 Å². The molecule has 0 spiro atoms. The second-order valence-corrected chi connectivity index (χ2v) is 3.68. The molecule has 0 unspecified atom stereocenters. The van der Waals surface area contributed by atoms with Gasteiger partial charge in [0.25, 0.3) is 0 Å². The molecular formula is C12H14N2O3. The highest BCUT2D eigenvalue weighted by atomic mass is 16.5. The van der Waals surface area contributed by atoms with Crippen molar-refractivity contribution >= 4 is 16.8 Å². The molecule has 0 atom stereocenters. The number of primary amides is 1. The molecule has 1 aromatic heterocycles. The zero-order valence-electron chi connectivity index (χ0n) is 9.74. The molecule has 0 bridgehead atoms. The predicted molar refractivity (Wildman–Crippen MR) is 64.3 cm³/mol. The van der Waals surface area contributed by atoms with Crippen LogP contribution in [0.3, 0.4) is 0 Å². The maximum absolute atomic E-state index is 11.0. The average Bonchev–Trinajstić information content (AvgIpc) is 2.71. The van der Waals surface area contributed by atoms with Crippen LogP contribution in [0, 0.1) is 0 Å². The molecule has 0 saturated heterocycles. The van der Waals surface area contributed by atoms with Gasteiger partial charge in [0, 0.05) is 11.6 Å². The Morgan fingerprint density at radius 3 is 2.53 bits per heavy atom. The number of methoxy groups -OCH3 is 2. The molecule has 0 aliphatic heterocycles. The van der Waals surface area contributed by atoms with Crippen LogP contribution in [0.1, 0.15) is 5.56 Å². The lowest BCUT2D eigenvalue weighted by Gasteiger charge is -2.07. The Morgan fingerprint density at radius 2 is 1.94 bits per heavy atom. The largest absolute Gasteiger partial charge is 0.496 e. The molecule has 2 aromatic rings. The van der Waals surface area contributed by atoms with Crippen molar-refractivity contribution in [2.75, 3.05) is 14.2 Å². The van der Waals surface area contributed by atoms with E-state index >= 15 is 0 Å². The number of H-pyrrole nitrogens is 1. The van der Waals surface area contributed by atoms with Gasteiger partial charge in [0.15, 0.2) is 0 Å². The van der Waals surface area contributed by atoms with Gasteiger partial charge in [-0.15, -0.1) is 0 Å². The number of fused-ring (bicyclic) bond motifs is 1. The topological polar surface area (TPSA) is 77.3 Å². The number of rotatable bonds is 4. The number of aromatic nitrogens is 1. The van der Waals surface area contributed by atoms with Gasteiger partial charge in [-0.2, -0.15) is 0 Å². The summed E-state index contributed by atoms with van der Waals surface area (Å²) in [7, 11) is 3.18. The Hall–Kier alpha value is -2.17. The van der Waals surface area contributed by atoms with Crippen LogP contribution in [0.15, 0.2) is 18.3 Å². The summed E-state index contributed by atoms with van der Waals surface area (Å²) in [6, 6.07) is 3.62. The molecule has 17 heavy (non-hydrogen) atoms. The second-order valence-electron chi connectivity index (χ2n) is 3.68. The average molecular weight is 234 g/mol. The van der Waals surface area contributed by atoms with E-state index in [0.717, 1.165) is 16.5 Å². The maximum Gasteiger partial charge on any atom is 0.221 e. The molecule has 1 heterocycles. The molecule has 90 valence electrons. The van der Waals surface area contributed by atoms with E-state index in [0.29, 0.717) is 11.5 Å². The third-order valence-corrected chi connectivity index (χ3v) is 2.65. The zero-order chi connectivity index (χ0) is 12.4. The quantitative estimate of drug-likeness (QED) is 0.834. The molecule has 0 aliphatic carbocycles. The summed E-state index contributed by atoms with van der Waals surface area (Å²) < 4.78 is 10.5. The summed E-state index contributed by atoms with van der Waals surface area (Å²) in [6.45, 7) is 0. The highest BCUT2D eigenvalue weighted by molar-refractivity contribution is 5.96. The van der Waals surface area contributed by atoms with Gasteiger partial charge in [-0.05, 0) is 17.7 Å². The van der Waals surface area contributed by atoms with E-state index in [1.165, 1.54) is 0 Å². The third kappa shape index (κ3) is 1.91. The van der Waals surface area contributed by atoms with Crippen LogP contribution in [-0.4, -0.2) is 25.1 Å². The molecule has 2 rings (SSSR count). The SMILES string of the molecule is COc1ccc(OC)c2c(CC(N)=O)c[nH]c12. The number of nitrogens with two attached hydrogens (primary N) is 1. The van der Waals surface area contributed by atoms with Crippen molar-refractivity contribution in [2.24, 2.45) is 5.73 Å². The summed E-state index contributed by atoms with van der Waals surface area (Å²) in [6.07, 6.45) is 1.92. The number of carbonyl (C=O) groups excluding carboxylic acids is 1. The number of aromatic amines is 1. The monoisotopic (exact) mass is 234 g/mol. The number of benzene rings is 1. The first-order chi connectivity index (χ1) is 8.17. The summed E-state index contributed by atoms with van der Waals surface area (Å²) >= 11 is 0. The van der Waals surface area contributed by atoms with E-state index in [1.54, 1.807) is 26.5 Å². The minimum absolute atomic E-state index is 0.170. The molecule has 0 aliphatic rings. The normalized spacial score (nSPS) is 10.5. The van der Waals surface area contributed by atoms with Crippen molar-refractivity contribution in [3.05, 3.63) is 23.9 Å². The fourth-order valence-corrected chi connectivity index (χ4v) is 1.93. The number of hydrogen-bond acceptors (Lipinski definition) is 3. The molecule has 0 saturated carbocycles. The van der Waals surface area contributed by atoms with Crippen molar-refractivity contribution in [1.29, 1.82) is 0 Å². The van der Waals surface area contributed by atoms with Crippen molar-refractivity contribution < 1.29 is 14.3 Å². The Morgan fingerprint density at radius 1 is 1.29 bits per heavy atom. The fourth-order valence-electron chi connectivity index (χ4n) is 1.93. The van der Waals surface area contributed by atoms with E-state index in [9.17, 15) is 4.79 Å². The molecule has 0 fully saturated rings. The van der Waals surface area contributed by atoms with E-state index in [-0.39, 0.29) is 12.3 Å². The summed E-state index contributed by atoms with van der Waals surface area (Å²) in [5.74, 6) is 1.02. The zero-order valence-corrected chi connectivity index (χ0v) is 9.74. The van der Waals surface area contributed by atoms with E-state index in [2.05, 4.69) is 4.98 Å². The lowest BCUT2D eigenvalue weighted by atomic mass is 10.1. The van der Waals surface area contributed by atoms with Crippen molar-refractivity contribution in [3.8, 4) is 11.5 Å². The number of ether oxygens (including phenoxy) is 2. The standard InChI is InChI=1S/C12H14N2O3/c1-16-8-3-4-9(17-2)12-11(8)7(6-14-12)5-10(13)15/h3-4,6,14H,5H2,1-2H3,(H2,13,15). The van der Waals surface area contributed by atoms with Gasteiger partial charge in [0.05, 0.1) is 26.2 Å². The first kappa shape index (κ1) is 11.3. The minimum Gasteiger partial charge on any atom is -0.496 e. The smallest absolute Gasteiger partial charge is 0.221 e. The van der Waals surface area contributed by atoms with Gasteiger partial charge in [-0.25, -0.2) is 0 Å². The molecule has 5 nitrogen and oxygen atoms in total. The van der Waals surface area contributed by atoms with Gasteiger partial charge in [-0.3, -0.25) is 4.79 Å². The number of carbonyl (C=O) groups is 1. The van der Waals surface area contributed by atoms with E-state index in [4.69, 9.17) is 15.2 Å². The van der Waals surface area contributed by atoms with Crippen LogP contribution >= 0.6 is 0 Å². The highest BCUT2D eigenvalue weighted by Crippen LogP contribution is 2.34. The van der Waals surface area contributed by atoms with Gasteiger partial charge in [0.1, 0.15) is 11.5 Å². The van der Waals surface area contributed by atoms with Crippen LogP contribution in [0.4, 0.5) is 0 Å². The number of hydrogen-bond donors (Lipinski definition) is 2. The number of amides is 1. The van der Waals surface area contributed by atoms with Crippen molar-refractivity contribution in [2.45, 2.75) is 6.42 Å². The van der Waals surface area contributed by atoms with E-state index in [1.807, 2.05) is 6.07 Å². The summed E-state index contributed by atoms with van der Waals surface area (Å²) in [5, 5.41) is 0.839. The van der Waals surface area contributed by atoms with Crippen LogP contribution in [0.2, 0.25) is 0 Å². The van der Waals surface area contributed by atoms with Gasteiger partial charge >= 0.3 is 0 Å². The highest BCUT2D eigenvalue weighted by Gasteiger charge is 2.14. The van der Waals surface area contributed by atoms with Crippen molar-refractivity contribution in [1.82, 2.24) is 4.98 Å². The molecule has 1 amide bonds. The first-order valence-corrected chi connectivity index (χ1v) is 5.16. The molecule has 3 N–H and O–H groups in total. The van der Waals surface area contributed by atoms with Crippen LogP contribution in [0.5, 0.6) is 11.5 Å².